The molecular weight excluding hydrogens is 230 g/mol. The van der Waals surface area contributed by atoms with Gasteiger partial charge in [-0.05, 0) is 61.3 Å². The van der Waals surface area contributed by atoms with Crippen molar-refractivity contribution in [2.45, 2.75) is 66.5 Å². The Hall–Kier alpha value is -0.820. The number of benzene rings is 1. The van der Waals surface area contributed by atoms with Crippen LogP contribution in [0.25, 0.3) is 0 Å². The van der Waals surface area contributed by atoms with Gasteiger partial charge in [-0.1, -0.05) is 32.9 Å². The molecule has 1 heterocycles. The summed E-state index contributed by atoms with van der Waals surface area (Å²) in [6.07, 6.45) is 3.63. The predicted molar refractivity (Wildman–Crippen MR) is 83.6 cm³/mol. The minimum absolute atomic E-state index is 0.659. The van der Waals surface area contributed by atoms with Gasteiger partial charge in [0.2, 0.25) is 0 Å². The third-order valence-corrected chi connectivity index (χ3v) is 4.37. The minimum atomic E-state index is 0.659. The molecule has 0 aliphatic carbocycles. The number of fused-ring (bicyclic) bond motifs is 1. The highest BCUT2D eigenvalue weighted by Gasteiger charge is 2.22. The molecule has 1 aromatic rings. The summed E-state index contributed by atoms with van der Waals surface area (Å²) < 4.78 is 0. The summed E-state index contributed by atoms with van der Waals surface area (Å²) in [6.45, 7) is 13.9. The van der Waals surface area contributed by atoms with Gasteiger partial charge >= 0.3 is 0 Å². The normalized spacial score (nSPS) is 16.2. The molecule has 0 saturated heterocycles. The highest BCUT2D eigenvalue weighted by Crippen LogP contribution is 2.28. The topological polar surface area (TPSA) is 3.24 Å². The average Bonchev–Trinajstić information content (AvgIpc) is 2.37. The molecule has 0 saturated carbocycles. The van der Waals surface area contributed by atoms with Crippen LogP contribution in [0.2, 0.25) is 0 Å². The smallest absolute Gasteiger partial charge is 0.0242 e. The molecule has 1 aliphatic rings. The lowest BCUT2D eigenvalue weighted by Gasteiger charge is -2.34. The lowest BCUT2D eigenvalue weighted by atomic mass is 9.86. The average molecular weight is 259 g/mol. The summed E-state index contributed by atoms with van der Waals surface area (Å²) in [4.78, 5) is 2.61. The van der Waals surface area contributed by atoms with Crippen LogP contribution in [0.15, 0.2) is 12.1 Å². The number of nitrogens with zero attached hydrogens (tertiary/aromatic N) is 1. The summed E-state index contributed by atoms with van der Waals surface area (Å²) in [5.41, 5.74) is 6.48. The second kappa shape index (κ2) is 6.09. The third-order valence-electron chi connectivity index (χ3n) is 4.37. The molecule has 0 fully saturated rings. The minimum Gasteiger partial charge on any atom is -0.296 e. The summed E-state index contributed by atoms with van der Waals surface area (Å²) in [7, 11) is 0. The van der Waals surface area contributed by atoms with Crippen molar-refractivity contribution in [1.29, 1.82) is 0 Å². The molecule has 1 heteroatoms. The standard InChI is InChI=1S/C18H29N/c1-6-15-7-8-16(11-13(2)3)17-9-10-19(14(4)5)12-18(15)17/h7-8,13-14H,6,9-12H2,1-5H3. The first-order valence-electron chi connectivity index (χ1n) is 7.89. The molecular formula is C18H29N. The lowest BCUT2D eigenvalue weighted by Crippen LogP contribution is -2.36. The Bertz CT molecular complexity index is 432. The zero-order chi connectivity index (χ0) is 14.0. The molecule has 0 atom stereocenters. The van der Waals surface area contributed by atoms with Crippen LogP contribution >= 0.6 is 0 Å². The van der Waals surface area contributed by atoms with E-state index >= 15 is 0 Å². The molecule has 106 valence electrons. The molecule has 2 rings (SSSR count). The predicted octanol–water partition coefficient (Wildman–Crippen LogP) is 4.21. The Balaban J connectivity index is 2.36. The Morgan fingerprint density at radius 3 is 2.32 bits per heavy atom. The molecule has 1 aliphatic heterocycles. The van der Waals surface area contributed by atoms with Crippen LogP contribution in [0.4, 0.5) is 0 Å². The molecule has 0 spiro atoms. The van der Waals surface area contributed by atoms with Crippen LogP contribution < -0.4 is 0 Å². The molecule has 1 nitrogen and oxygen atoms in total. The Kier molecular flexibility index (Phi) is 4.67. The van der Waals surface area contributed by atoms with Crippen molar-refractivity contribution in [3.8, 4) is 0 Å². The monoisotopic (exact) mass is 259 g/mol. The van der Waals surface area contributed by atoms with E-state index in [-0.39, 0.29) is 0 Å². The van der Waals surface area contributed by atoms with Gasteiger partial charge in [0.25, 0.3) is 0 Å². The van der Waals surface area contributed by atoms with Crippen LogP contribution in [-0.2, 0) is 25.8 Å². The third kappa shape index (κ3) is 3.20. The van der Waals surface area contributed by atoms with E-state index < -0.39 is 0 Å². The van der Waals surface area contributed by atoms with E-state index in [9.17, 15) is 0 Å². The largest absolute Gasteiger partial charge is 0.296 e. The molecule has 0 bridgehead atoms. The molecule has 0 unspecified atom stereocenters. The van der Waals surface area contributed by atoms with Gasteiger partial charge in [0, 0.05) is 19.1 Å². The number of aryl methyl sites for hydroxylation is 1. The molecule has 19 heavy (non-hydrogen) atoms. The Morgan fingerprint density at radius 2 is 1.74 bits per heavy atom. The molecule has 1 aromatic carbocycles. The van der Waals surface area contributed by atoms with Crippen LogP contribution in [0, 0.1) is 5.92 Å². The van der Waals surface area contributed by atoms with Gasteiger partial charge in [-0.3, -0.25) is 4.90 Å². The summed E-state index contributed by atoms with van der Waals surface area (Å²) in [6, 6.07) is 5.43. The zero-order valence-electron chi connectivity index (χ0n) is 13.3. The molecule has 0 amide bonds. The van der Waals surface area contributed by atoms with E-state index in [2.05, 4.69) is 51.7 Å². The van der Waals surface area contributed by atoms with Crippen LogP contribution in [0.5, 0.6) is 0 Å². The van der Waals surface area contributed by atoms with Crippen molar-refractivity contribution in [2.75, 3.05) is 6.54 Å². The fourth-order valence-corrected chi connectivity index (χ4v) is 3.24. The zero-order valence-corrected chi connectivity index (χ0v) is 13.3. The highest BCUT2D eigenvalue weighted by atomic mass is 15.1. The first-order valence-corrected chi connectivity index (χ1v) is 7.89. The molecule has 0 aromatic heterocycles. The van der Waals surface area contributed by atoms with Gasteiger partial charge in [0.1, 0.15) is 0 Å². The quantitative estimate of drug-likeness (QED) is 0.783. The van der Waals surface area contributed by atoms with E-state index in [0.717, 1.165) is 18.9 Å². The van der Waals surface area contributed by atoms with Crippen molar-refractivity contribution in [3.05, 3.63) is 34.4 Å². The summed E-state index contributed by atoms with van der Waals surface area (Å²) in [5.74, 6) is 0.750. The Labute approximate surface area is 119 Å². The molecule has 0 radical (unpaired) electrons. The second-order valence-corrected chi connectivity index (χ2v) is 6.61. The fourth-order valence-electron chi connectivity index (χ4n) is 3.24. The Morgan fingerprint density at radius 1 is 1.05 bits per heavy atom. The maximum absolute atomic E-state index is 2.61. The number of rotatable bonds is 4. The van der Waals surface area contributed by atoms with Crippen LogP contribution in [0.3, 0.4) is 0 Å². The van der Waals surface area contributed by atoms with Crippen molar-refractivity contribution < 1.29 is 0 Å². The lowest BCUT2D eigenvalue weighted by molar-refractivity contribution is 0.202. The van der Waals surface area contributed by atoms with Gasteiger partial charge in [-0.2, -0.15) is 0 Å². The van der Waals surface area contributed by atoms with Crippen LogP contribution in [-0.4, -0.2) is 17.5 Å². The van der Waals surface area contributed by atoms with Crippen LogP contribution in [0.1, 0.15) is 56.9 Å². The molecule has 0 N–H and O–H groups in total. The summed E-state index contributed by atoms with van der Waals surface area (Å²) in [5, 5.41) is 0. The van der Waals surface area contributed by atoms with Crippen molar-refractivity contribution in [1.82, 2.24) is 4.90 Å². The number of hydrogen-bond donors (Lipinski definition) is 0. The van der Waals surface area contributed by atoms with E-state index in [1.807, 2.05) is 0 Å². The van der Waals surface area contributed by atoms with Gasteiger partial charge in [-0.15, -0.1) is 0 Å². The first-order chi connectivity index (χ1) is 9.02. The first kappa shape index (κ1) is 14.6. The van der Waals surface area contributed by atoms with E-state index in [1.54, 1.807) is 22.3 Å². The second-order valence-electron chi connectivity index (χ2n) is 6.61. The fraction of sp³-hybridized carbons (Fsp3) is 0.667. The van der Waals surface area contributed by atoms with Gasteiger partial charge < -0.3 is 0 Å². The van der Waals surface area contributed by atoms with E-state index in [0.29, 0.717) is 6.04 Å². The maximum atomic E-state index is 2.61. The van der Waals surface area contributed by atoms with Crippen molar-refractivity contribution in [2.24, 2.45) is 5.92 Å². The van der Waals surface area contributed by atoms with Crippen molar-refractivity contribution in [3.63, 3.8) is 0 Å². The SMILES string of the molecule is CCc1ccc(CC(C)C)c2c1CN(C(C)C)CC2. The van der Waals surface area contributed by atoms with Crippen molar-refractivity contribution >= 4 is 0 Å². The van der Waals surface area contributed by atoms with Gasteiger partial charge in [0.15, 0.2) is 0 Å². The van der Waals surface area contributed by atoms with Gasteiger partial charge in [0.05, 0.1) is 0 Å². The van der Waals surface area contributed by atoms with E-state index in [1.165, 1.54) is 19.4 Å². The number of hydrogen-bond acceptors (Lipinski definition) is 1. The highest BCUT2D eigenvalue weighted by molar-refractivity contribution is 5.43. The van der Waals surface area contributed by atoms with Gasteiger partial charge in [-0.25, -0.2) is 0 Å². The maximum Gasteiger partial charge on any atom is 0.0242 e. The summed E-state index contributed by atoms with van der Waals surface area (Å²) >= 11 is 0. The van der Waals surface area contributed by atoms with E-state index in [4.69, 9.17) is 0 Å².